The largest absolute Gasteiger partial charge is 0.484 e. The molecule has 2 rings (SSSR count). The van der Waals surface area contributed by atoms with Crippen molar-refractivity contribution in [2.75, 3.05) is 11.9 Å². The molecule has 3 N–H and O–H groups in total. The van der Waals surface area contributed by atoms with Crippen LogP contribution in [-0.4, -0.2) is 12.5 Å². The van der Waals surface area contributed by atoms with Crippen LogP contribution < -0.4 is 15.8 Å². The van der Waals surface area contributed by atoms with E-state index in [9.17, 15) is 13.6 Å². The number of halogens is 2. The summed E-state index contributed by atoms with van der Waals surface area (Å²) in [4.78, 5) is 11.6. The Kier molecular flexibility index (Phi) is 4.84. The third-order valence-electron chi connectivity index (χ3n) is 2.73. The molecule has 0 bridgehead atoms. The molecule has 0 aliphatic heterocycles. The fourth-order valence-electron chi connectivity index (χ4n) is 1.65. The molecule has 0 atom stereocenters. The van der Waals surface area contributed by atoms with Gasteiger partial charge in [0.2, 0.25) is 0 Å². The van der Waals surface area contributed by atoms with Gasteiger partial charge in [-0.15, -0.1) is 0 Å². The number of benzene rings is 2. The van der Waals surface area contributed by atoms with Crippen LogP contribution in [0.1, 0.15) is 5.56 Å². The van der Waals surface area contributed by atoms with E-state index in [0.29, 0.717) is 18.4 Å². The average molecular weight is 292 g/mol. The van der Waals surface area contributed by atoms with Crippen molar-refractivity contribution in [1.82, 2.24) is 0 Å². The highest BCUT2D eigenvalue weighted by Gasteiger charge is 2.08. The molecule has 0 saturated heterocycles. The number of carbonyl (C=O) groups is 1. The number of rotatable bonds is 5. The van der Waals surface area contributed by atoms with Gasteiger partial charge in [-0.05, 0) is 29.8 Å². The summed E-state index contributed by atoms with van der Waals surface area (Å²) >= 11 is 0. The maximum atomic E-state index is 13.4. The molecule has 1 amide bonds. The number of ether oxygens (including phenoxy) is 1. The molecule has 110 valence electrons. The molecule has 0 unspecified atom stereocenters. The van der Waals surface area contributed by atoms with Crippen molar-refractivity contribution in [3.05, 3.63) is 59.7 Å². The van der Waals surface area contributed by atoms with Crippen LogP contribution in [0.4, 0.5) is 14.5 Å². The van der Waals surface area contributed by atoms with Gasteiger partial charge in [-0.25, -0.2) is 8.78 Å². The van der Waals surface area contributed by atoms with Crippen LogP contribution in [0.2, 0.25) is 0 Å². The third kappa shape index (κ3) is 4.25. The van der Waals surface area contributed by atoms with E-state index in [0.717, 1.165) is 17.7 Å². The minimum Gasteiger partial charge on any atom is -0.484 e. The van der Waals surface area contributed by atoms with E-state index in [1.54, 1.807) is 24.3 Å². The molecule has 0 radical (unpaired) electrons. The van der Waals surface area contributed by atoms with Gasteiger partial charge in [-0.2, -0.15) is 0 Å². The third-order valence-corrected chi connectivity index (χ3v) is 2.73. The molecule has 0 aromatic heterocycles. The van der Waals surface area contributed by atoms with E-state index in [1.165, 1.54) is 0 Å². The van der Waals surface area contributed by atoms with Gasteiger partial charge in [0.25, 0.3) is 5.91 Å². The average Bonchev–Trinajstić information content (AvgIpc) is 2.48. The van der Waals surface area contributed by atoms with Crippen LogP contribution in [0.3, 0.4) is 0 Å². The fourth-order valence-corrected chi connectivity index (χ4v) is 1.65. The Balaban J connectivity index is 1.89. The number of nitrogens with two attached hydrogens (primary N) is 1. The van der Waals surface area contributed by atoms with E-state index in [2.05, 4.69) is 5.32 Å². The first-order chi connectivity index (χ1) is 10.1. The quantitative estimate of drug-likeness (QED) is 0.889. The summed E-state index contributed by atoms with van der Waals surface area (Å²) in [5.41, 5.74) is 6.32. The summed E-state index contributed by atoms with van der Waals surface area (Å²) < 4.78 is 31.3. The second-order valence-electron chi connectivity index (χ2n) is 4.31. The highest BCUT2D eigenvalue weighted by molar-refractivity contribution is 5.91. The van der Waals surface area contributed by atoms with E-state index < -0.39 is 17.5 Å². The second-order valence-corrected chi connectivity index (χ2v) is 4.31. The zero-order valence-corrected chi connectivity index (χ0v) is 11.1. The minimum atomic E-state index is -0.837. The van der Waals surface area contributed by atoms with Gasteiger partial charge in [-0.1, -0.05) is 12.1 Å². The number of hydrogen-bond donors (Lipinski definition) is 2. The van der Waals surface area contributed by atoms with Crippen molar-refractivity contribution in [3.8, 4) is 5.75 Å². The highest BCUT2D eigenvalue weighted by Crippen LogP contribution is 2.15. The van der Waals surface area contributed by atoms with Gasteiger partial charge in [0.15, 0.2) is 6.61 Å². The zero-order chi connectivity index (χ0) is 15.2. The molecular formula is C15H14F2N2O2. The maximum Gasteiger partial charge on any atom is 0.262 e. The lowest BCUT2D eigenvalue weighted by Gasteiger charge is -2.08. The Bertz CT molecular complexity index is 630. The van der Waals surface area contributed by atoms with E-state index in [1.807, 2.05) is 0 Å². The van der Waals surface area contributed by atoms with E-state index >= 15 is 0 Å². The number of carbonyl (C=O) groups excluding carboxylic acids is 1. The normalized spacial score (nSPS) is 10.2. The minimum absolute atomic E-state index is 0.0940. The molecule has 0 saturated carbocycles. The van der Waals surface area contributed by atoms with Crippen molar-refractivity contribution in [2.45, 2.75) is 6.54 Å². The van der Waals surface area contributed by atoms with Crippen molar-refractivity contribution >= 4 is 11.6 Å². The summed E-state index contributed by atoms with van der Waals surface area (Å²) in [6.45, 7) is 0.142. The van der Waals surface area contributed by atoms with Crippen molar-refractivity contribution in [2.24, 2.45) is 5.73 Å². The van der Waals surface area contributed by atoms with Crippen molar-refractivity contribution < 1.29 is 18.3 Å². The van der Waals surface area contributed by atoms with Crippen LogP contribution >= 0.6 is 0 Å². The topological polar surface area (TPSA) is 64.3 Å². The standard InChI is InChI=1S/C15H14F2N2O2/c16-11-3-6-14(13(17)7-11)19-15(20)9-21-12-4-1-10(8-18)2-5-12/h1-7H,8-9,18H2,(H,19,20). The summed E-state index contributed by atoms with van der Waals surface area (Å²) in [5.74, 6) is -1.58. The summed E-state index contributed by atoms with van der Waals surface area (Å²) in [6, 6.07) is 9.85. The van der Waals surface area contributed by atoms with Gasteiger partial charge in [0, 0.05) is 12.6 Å². The Morgan fingerprint density at radius 1 is 1.14 bits per heavy atom. The number of nitrogens with one attached hydrogen (secondary N) is 1. The lowest BCUT2D eigenvalue weighted by molar-refractivity contribution is -0.118. The lowest BCUT2D eigenvalue weighted by Crippen LogP contribution is -2.20. The molecule has 0 aliphatic rings. The fraction of sp³-hybridized carbons (Fsp3) is 0.133. The van der Waals surface area contributed by atoms with Gasteiger partial charge >= 0.3 is 0 Å². The predicted octanol–water partition coefficient (Wildman–Crippen LogP) is 2.44. The summed E-state index contributed by atoms with van der Waals surface area (Å²) in [6.07, 6.45) is 0. The van der Waals surface area contributed by atoms with E-state index in [-0.39, 0.29) is 12.3 Å². The number of hydrogen-bond acceptors (Lipinski definition) is 3. The van der Waals surface area contributed by atoms with Crippen LogP contribution in [0.5, 0.6) is 5.75 Å². The van der Waals surface area contributed by atoms with Gasteiger partial charge < -0.3 is 15.8 Å². The summed E-state index contributed by atoms with van der Waals surface area (Å²) in [7, 11) is 0. The predicted molar refractivity (Wildman–Crippen MR) is 74.8 cm³/mol. The molecular weight excluding hydrogens is 278 g/mol. The van der Waals surface area contributed by atoms with Crippen LogP contribution in [0.15, 0.2) is 42.5 Å². The zero-order valence-electron chi connectivity index (χ0n) is 11.1. The molecule has 2 aromatic rings. The Morgan fingerprint density at radius 2 is 1.86 bits per heavy atom. The first-order valence-electron chi connectivity index (χ1n) is 6.25. The van der Waals surface area contributed by atoms with Crippen LogP contribution in [-0.2, 0) is 11.3 Å². The van der Waals surface area contributed by atoms with Crippen molar-refractivity contribution in [1.29, 1.82) is 0 Å². The molecule has 4 nitrogen and oxygen atoms in total. The number of amides is 1. The van der Waals surface area contributed by atoms with Gasteiger partial charge in [-0.3, -0.25) is 4.79 Å². The van der Waals surface area contributed by atoms with Gasteiger partial charge in [0.05, 0.1) is 5.69 Å². The highest BCUT2D eigenvalue weighted by atomic mass is 19.1. The van der Waals surface area contributed by atoms with E-state index in [4.69, 9.17) is 10.5 Å². The molecule has 0 aliphatic carbocycles. The Morgan fingerprint density at radius 3 is 2.48 bits per heavy atom. The lowest BCUT2D eigenvalue weighted by atomic mass is 10.2. The monoisotopic (exact) mass is 292 g/mol. The molecule has 0 heterocycles. The first kappa shape index (κ1) is 14.9. The smallest absolute Gasteiger partial charge is 0.262 e. The Labute approximate surface area is 120 Å². The maximum absolute atomic E-state index is 13.4. The molecule has 0 fully saturated rings. The number of anilines is 1. The molecule has 0 spiro atoms. The Hall–Kier alpha value is -2.47. The molecule has 6 heteroatoms. The van der Waals surface area contributed by atoms with Crippen molar-refractivity contribution in [3.63, 3.8) is 0 Å². The van der Waals surface area contributed by atoms with Crippen LogP contribution in [0, 0.1) is 11.6 Å². The van der Waals surface area contributed by atoms with Gasteiger partial charge in [0.1, 0.15) is 17.4 Å². The molecule has 2 aromatic carbocycles. The molecule has 21 heavy (non-hydrogen) atoms. The SMILES string of the molecule is NCc1ccc(OCC(=O)Nc2ccc(F)cc2F)cc1. The van der Waals surface area contributed by atoms with Crippen LogP contribution in [0.25, 0.3) is 0 Å². The first-order valence-corrected chi connectivity index (χ1v) is 6.25. The summed E-state index contributed by atoms with van der Waals surface area (Å²) in [5, 5.41) is 2.30. The second kappa shape index (κ2) is 6.81.